The molecule has 7 nitrogen and oxygen atoms in total. The van der Waals surface area contributed by atoms with Gasteiger partial charge >= 0.3 is 0 Å². The van der Waals surface area contributed by atoms with Crippen LogP contribution in [0.2, 0.25) is 0 Å². The number of ether oxygens (including phenoxy) is 1. The SMILES string of the molecule is CC(N)C/N=C/c1cc(-c2cnn3cc(-c4ccc(OCCN5CCCCC5)cc4)cnc23)cs1. The van der Waals surface area contributed by atoms with Gasteiger partial charge in [-0.2, -0.15) is 5.10 Å². The van der Waals surface area contributed by atoms with Gasteiger partial charge in [0.2, 0.25) is 0 Å². The number of benzene rings is 1. The summed E-state index contributed by atoms with van der Waals surface area (Å²) < 4.78 is 7.81. The molecule has 0 radical (unpaired) electrons. The van der Waals surface area contributed by atoms with E-state index < -0.39 is 0 Å². The molecule has 0 aliphatic carbocycles. The molecule has 4 heterocycles. The van der Waals surface area contributed by atoms with E-state index in [1.165, 1.54) is 32.4 Å². The predicted octanol–water partition coefficient (Wildman–Crippen LogP) is 4.76. The number of aromatic nitrogens is 3. The standard InChI is InChI=1S/C27H32N6OS/c1-20(28)14-29-16-25-13-22(19-35-25)26-17-31-33-18-23(15-30-27(26)33)21-5-7-24(8-6-21)34-12-11-32-9-3-2-4-10-32/h5-8,13,15-20H,2-4,9-12,14,28H2,1H3/b29-16+. The van der Waals surface area contributed by atoms with Crippen molar-refractivity contribution < 1.29 is 4.74 Å². The zero-order valence-electron chi connectivity index (χ0n) is 20.1. The third kappa shape index (κ3) is 5.96. The van der Waals surface area contributed by atoms with Crippen molar-refractivity contribution in [1.82, 2.24) is 19.5 Å². The highest BCUT2D eigenvalue weighted by molar-refractivity contribution is 7.12. The minimum atomic E-state index is 0.0665. The van der Waals surface area contributed by atoms with E-state index in [0.717, 1.165) is 51.7 Å². The van der Waals surface area contributed by atoms with Crippen molar-refractivity contribution in [2.45, 2.75) is 32.2 Å². The number of rotatable bonds is 9. The predicted molar refractivity (Wildman–Crippen MR) is 144 cm³/mol. The Bertz CT molecular complexity index is 1270. The number of nitrogens with zero attached hydrogens (tertiary/aromatic N) is 5. The van der Waals surface area contributed by atoms with Gasteiger partial charge in [0, 0.05) is 47.2 Å². The Morgan fingerprint density at radius 2 is 1.94 bits per heavy atom. The lowest BCUT2D eigenvalue weighted by atomic mass is 10.1. The minimum absolute atomic E-state index is 0.0665. The smallest absolute Gasteiger partial charge is 0.162 e. The summed E-state index contributed by atoms with van der Waals surface area (Å²) in [6.45, 7) is 6.70. The van der Waals surface area contributed by atoms with Gasteiger partial charge in [0.15, 0.2) is 5.65 Å². The van der Waals surface area contributed by atoms with Gasteiger partial charge in [0.25, 0.3) is 0 Å². The summed E-state index contributed by atoms with van der Waals surface area (Å²) in [7, 11) is 0. The monoisotopic (exact) mass is 488 g/mol. The fourth-order valence-electron chi connectivity index (χ4n) is 4.32. The Kier molecular flexibility index (Phi) is 7.51. The molecule has 4 aromatic rings. The number of fused-ring (bicyclic) bond motifs is 1. The van der Waals surface area contributed by atoms with Crippen LogP contribution >= 0.6 is 11.3 Å². The quantitative estimate of drug-likeness (QED) is 0.344. The molecule has 8 heteroatoms. The highest BCUT2D eigenvalue weighted by Gasteiger charge is 2.12. The fourth-order valence-corrected chi connectivity index (χ4v) is 5.11. The first-order valence-electron chi connectivity index (χ1n) is 12.3. The molecule has 1 unspecified atom stereocenters. The third-order valence-electron chi connectivity index (χ3n) is 6.21. The fraction of sp³-hybridized carbons (Fsp3) is 0.370. The van der Waals surface area contributed by atoms with E-state index in [4.69, 9.17) is 15.5 Å². The van der Waals surface area contributed by atoms with Crippen LogP contribution < -0.4 is 10.5 Å². The van der Waals surface area contributed by atoms with Crippen LogP contribution in [0.3, 0.4) is 0 Å². The van der Waals surface area contributed by atoms with Crippen LogP contribution in [0, 0.1) is 0 Å². The van der Waals surface area contributed by atoms with Crippen molar-refractivity contribution in [3.05, 3.63) is 59.2 Å². The molecule has 1 fully saturated rings. The van der Waals surface area contributed by atoms with Gasteiger partial charge in [-0.05, 0) is 67.6 Å². The maximum Gasteiger partial charge on any atom is 0.162 e. The average Bonchev–Trinajstić information content (AvgIpc) is 3.51. The summed E-state index contributed by atoms with van der Waals surface area (Å²) in [5.41, 5.74) is 10.8. The number of thiophene rings is 1. The van der Waals surface area contributed by atoms with E-state index in [9.17, 15) is 0 Å². The summed E-state index contributed by atoms with van der Waals surface area (Å²) in [6.07, 6.45) is 11.7. The molecule has 5 rings (SSSR count). The van der Waals surface area contributed by atoms with Gasteiger partial charge in [-0.1, -0.05) is 18.6 Å². The number of piperidine rings is 1. The topological polar surface area (TPSA) is 81.0 Å². The lowest BCUT2D eigenvalue weighted by molar-refractivity contribution is 0.183. The first kappa shape index (κ1) is 23.7. The lowest BCUT2D eigenvalue weighted by Crippen LogP contribution is -2.33. The van der Waals surface area contributed by atoms with Crippen LogP contribution in [0.5, 0.6) is 5.75 Å². The molecule has 35 heavy (non-hydrogen) atoms. The second-order valence-corrected chi connectivity index (χ2v) is 10.1. The number of aliphatic imine (C=N–C) groups is 1. The van der Waals surface area contributed by atoms with Crippen LogP contribution in [-0.4, -0.2) is 64.5 Å². The minimum Gasteiger partial charge on any atom is -0.492 e. The summed E-state index contributed by atoms with van der Waals surface area (Å²) in [6, 6.07) is 10.4. The molecular weight excluding hydrogens is 456 g/mol. The van der Waals surface area contributed by atoms with Crippen LogP contribution in [0.4, 0.5) is 0 Å². The summed E-state index contributed by atoms with van der Waals surface area (Å²) in [4.78, 5) is 12.7. The van der Waals surface area contributed by atoms with Crippen LogP contribution in [0.25, 0.3) is 27.9 Å². The summed E-state index contributed by atoms with van der Waals surface area (Å²) >= 11 is 1.65. The molecule has 3 aromatic heterocycles. The molecule has 0 amide bonds. The van der Waals surface area contributed by atoms with Crippen molar-refractivity contribution >= 4 is 23.2 Å². The largest absolute Gasteiger partial charge is 0.492 e. The Morgan fingerprint density at radius 1 is 1.11 bits per heavy atom. The second-order valence-electron chi connectivity index (χ2n) is 9.15. The highest BCUT2D eigenvalue weighted by Crippen LogP contribution is 2.29. The third-order valence-corrected chi connectivity index (χ3v) is 7.08. The van der Waals surface area contributed by atoms with E-state index in [2.05, 4.69) is 38.6 Å². The maximum atomic E-state index is 5.97. The van der Waals surface area contributed by atoms with Gasteiger partial charge < -0.3 is 10.5 Å². The van der Waals surface area contributed by atoms with E-state index in [0.29, 0.717) is 6.54 Å². The normalized spacial score (nSPS) is 15.7. The first-order chi connectivity index (χ1) is 17.2. The first-order valence-corrected chi connectivity index (χ1v) is 13.2. The zero-order chi connectivity index (χ0) is 24.0. The van der Waals surface area contributed by atoms with Gasteiger partial charge in [0.1, 0.15) is 12.4 Å². The number of hydrogen-bond donors (Lipinski definition) is 1. The van der Waals surface area contributed by atoms with Crippen LogP contribution in [0.15, 0.2) is 59.3 Å². The van der Waals surface area contributed by atoms with E-state index in [1.807, 2.05) is 48.4 Å². The average molecular weight is 489 g/mol. The van der Waals surface area contributed by atoms with Crippen molar-refractivity contribution in [3.63, 3.8) is 0 Å². The molecule has 1 saturated heterocycles. The van der Waals surface area contributed by atoms with Crippen LogP contribution in [0.1, 0.15) is 31.1 Å². The van der Waals surface area contributed by atoms with Gasteiger partial charge in [-0.25, -0.2) is 9.50 Å². The van der Waals surface area contributed by atoms with Crippen LogP contribution in [-0.2, 0) is 0 Å². The molecule has 182 valence electrons. The zero-order valence-corrected chi connectivity index (χ0v) is 21.0. The number of likely N-dealkylation sites (tertiary alicyclic amines) is 1. The molecule has 1 aromatic carbocycles. The van der Waals surface area contributed by atoms with E-state index >= 15 is 0 Å². The van der Waals surface area contributed by atoms with Crippen molar-refractivity contribution in [2.24, 2.45) is 10.7 Å². The van der Waals surface area contributed by atoms with Crippen molar-refractivity contribution in [3.8, 4) is 28.0 Å². The highest BCUT2D eigenvalue weighted by atomic mass is 32.1. The summed E-state index contributed by atoms with van der Waals surface area (Å²) in [5, 5.41) is 6.67. The van der Waals surface area contributed by atoms with E-state index in [1.54, 1.807) is 11.3 Å². The molecule has 0 spiro atoms. The van der Waals surface area contributed by atoms with Gasteiger partial charge in [-0.15, -0.1) is 11.3 Å². The molecular formula is C27H32N6OS. The molecule has 1 aliphatic rings. The maximum absolute atomic E-state index is 5.97. The van der Waals surface area contributed by atoms with E-state index in [-0.39, 0.29) is 6.04 Å². The van der Waals surface area contributed by atoms with Gasteiger partial charge in [0.05, 0.1) is 12.7 Å². The number of nitrogens with two attached hydrogens (primary N) is 1. The second kappa shape index (κ2) is 11.1. The molecule has 2 N–H and O–H groups in total. The summed E-state index contributed by atoms with van der Waals surface area (Å²) in [5.74, 6) is 0.902. The Labute approximate surface area is 210 Å². The molecule has 0 saturated carbocycles. The lowest BCUT2D eigenvalue weighted by Gasteiger charge is -2.26. The van der Waals surface area contributed by atoms with Gasteiger partial charge in [-0.3, -0.25) is 9.89 Å². The molecule has 1 atom stereocenters. The Balaban J connectivity index is 1.24. The molecule has 1 aliphatic heterocycles. The Hall–Kier alpha value is -3.07. The Morgan fingerprint density at radius 3 is 2.74 bits per heavy atom. The number of hydrogen-bond acceptors (Lipinski definition) is 7. The molecule has 0 bridgehead atoms. The van der Waals surface area contributed by atoms with Crippen molar-refractivity contribution in [2.75, 3.05) is 32.8 Å². The van der Waals surface area contributed by atoms with Crippen molar-refractivity contribution in [1.29, 1.82) is 0 Å².